The molecule has 0 saturated carbocycles. The Morgan fingerprint density at radius 2 is 2.00 bits per heavy atom. The number of likely N-dealkylation sites (tertiary alicyclic amines) is 1. The molecule has 28 heavy (non-hydrogen) atoms. The minimum Gasteiger partial charge on any atom is -0.488 e. The summed E-state index contributed by atoms with van der Waals surface area (Å²) < 4.78 is 74.2. The van der Waals surface area contributed by atoms with E-state index in [1.807, 2.05) is 11.9 Å². The second kappa shape index (κ2) is 8.13. The van der Waals surface area contributed by atoms with Gasteiger partial charge in [-0.15, -0.1) is 11.3 Å². The number of sulfonamides is 1. The minimum absolute atomic E-state index is 0.00463. The molecule has 1 aliphatic rings. The summed E-state index contributed by atoms with van der Waals surface area (Å²) >= 11 is 7.42. The number of nitrogens with one attached hydrogen (secondary N) is 1. The number of rotatable bonds is 5. The van der Waals surface area contributed by atoms with Crippen LogP contribution in [0.2, 0.25) is 0 Å². The van der Waals surface area contributed by atoms with E-state index in [9.17, 15) is 21.6 Å². The van der Waals surface area contributed by atoms with Crippen molar-refractivity contribution in [2.45, 2.75) is 22.9 Å². The normalized spacial score (nSPS) is 18.4. The third-order valence-corrected chi connectivity index (χ3v) is 9.18. The summed E-state index contributed by atoms with van der Waals surface area (Å²) in [4.78, 5) is 1.96. The molecular formula is C16H15Br2F3N2O3S2. The van der Waals surface area contributed by atoms with Crippen LogP contribution in [-0.4, -0.2) is 39.6 Å². The molecule has 0 aliphatic carbocycles. The average Bonchev–Trinajstić information content (AvgIpc) is 3.12. The highest BCUT2D eigenvalue weighted by atomic mass is 79.9. The van der Waals surface area contributed by atoms with E-state index in [1.165, 1.54) is 6.07 Å². The van der Waals surface area contributed by atoms with Crippen molar-refractivity contribution in [2.75, 3.05) is 24.9 Å². The predicted octanol–water partition coefficient (Wildman–Crippen LogP) is 5.18. The van der Waals surface area contributed by atoms with Crippen molar-refractivity contribution in [3.8, 4) is 5.75 Å². The van der Waals surface area contributed by atoms with Crippen molar-refractivity contribution >= 4 is 58.9 Å². The Morgan fingerprint density at radius 1 is 1.29 bits per heavy atom. The minimum atomic E-state index is -4.61. The first kappa shape index (κ1) is 21.9. The lowest BCUT2D eigenvalue weighted by molar-refractivity contribution is -0.139. The van der Waals surface area contributed by atoms with E-state index in [0.29, 0.717) is 21.2 Å². The molecule has 5 nitrogen and oxygen atoms in total. The first-order valence-corrected chi connectivity index (χ1v) is 11.9. The molecule has 12 heteroatoms. The SMILES string of the molecule is CN1CC[C@@H](Oc2cc(NS(=O)(=O)c3cc(Br)c(Br)s3)ccc2C(F)(F)F)C1. The van der Waals surface area contributed by atoms with Crippen molar-refractivity contribution in [1.29, 1.82) is 0 Å². The monoisotopic (exact) mass is 562 g/mol. The lowest BCUT2D eigenvalue weighted by atomic mass is 10.1. The van der Waals surface area contributed by atoms with Gasteiger partial charge >= 0.3 is 6.18 Å². The first-order chi connectivity index (χ1) is 13.0. The van der Waals surface area contributed by atoms with Gasteiger partial charge in [-0.1, -0.05) is 0 Å². The number of nitrogens with zero attached hydrogens (tertiary/aromatic N) is 1. The summed E-state index contributed by atoms with van der Waals surface area (Å²) in [5.74, 6) is -0.387. The Bertz CT molecular complexity index is 960. The molecule has 154 valence electrons. The van der Waals surface area contributed by atoms with Gasteiger partial charge in [0.1, 0.15) is 16.1 Å². The largest absolute Gasteiger partial charge is 0.488 e. The van der Waals surface area contributed by atoms with Crippen molar-refractivity contribution < 1.29 is 26.3 Å². The third-order valence-electron chi connectivity index (χ3n) is 4.07. The second-order valence-electron chi connectivity index (χ2n) is 6.29. The van der Waals surface area contributed by atoms with Crippen molar-refractivity contribution in [1.82, 2.24) is 4.90 Å². The van der Waals surface area contributed by atoms with Gasteiger partial charge in [0.15, 0.2) is 0 Å². The Morgan fingerprint density at radius 3 is 2.54 bits per heavy atom. The topological polar surface area (TPSA) is 58.6 Å². The maximum Gasteiger partial charge on any atom is 0.419 e. The molecule has 0 radical (unpaired) electrons. The maximum atomic E-state index is 13.3. The van der Waals surface area contributed by atoms with Gasteiger partial charge in [-0.05, 0) is 63.5 Å². The van der Waals surface area contributed by atoms with E-state index < -0.39 is 21.8 Å². The smallest absolute Gasteiger partial charge is 0.419 e. The molecule has 1 aromatic carbocycles. The molecule has 1 aromatic heterocycles. The molecule has 0 unspecified atom stereocenters. The molecule has 1 saturated heterocycles. The Labute approximate surface area is 181 Å². The summed E-state index contributed by atoms with van der Waals surface area (Å²) in [7, 11) is -2.10. The van der Waals surface area contributed by atoms with E-state index >= 15 is 0 Å². The standard InChI is InChI=1S/C16H15Br2F3N2O3S2/c1-23-5-4-10(8-23)26-13-6-9(2-3-11(13)16(19,20)21)22-28(24,25)14-7-12(17)15(18)27-14/h2-3,6-7,10,22H,4-5,8H2,1H3/t10-/m1/s1. The second-order valence-corrected chi connectivity index (χ2v) is 11.4. The third kappa shape index (κ3) is 5.02. The van der Waals surface area contributed by atoms with Gasteiger partial charge in [-0.3, -0.25) is 4.72 Å². The summed E-state index contributed by atoms with van der Waals surface area (Å²) in [6, 6.07) is 4.39. The number of thiophene rings is 1. The van der Waals surface area contributed by atoms with Crippen molar-refractivity contribution in [3.05, 3.63) is 38.1 Å². The number of ether oxygens (including phenoxy) is 1. The van der Waals surface area contributed by atoms with Gasteiger partial charge in [0, 0.05) is 23.6 Å². The summed E-state index contributed by atoms with van der Waals surface area (Å²) in [6.45, 7) is 1.23. The number of alkyl halides is 3. The van der Waals surface area contributed by atoms with Gasteiger partial charge < -0.3 is 9.64 Å². The molecule has 1 atom stereocenters. The highest BCUT2D eigenvalue weighted by Gasteiger charge is 2.36. The molecule has 0 spiro atoms. The lowest BCUT2D eigenvalue weighted by Crippen LogP contribution is -2.23. The van der Waals surface area contributed by atoms with Crippen LogP contribution in [0.15, 0.2) is 36.7 Å². The van der Waals surface area contributed by atoms with E-state index in [4.69, 9.17) is 4.74 Å². The number of benzene rings is 1. The Kier molecular flexibility index (Phi) is 6.35. The molecular weight excluding hydrogens is 549 g/mol. The number of anilines is 1. The van der Waals surface area contributed by atoms with E-state index in [2.05, 4.69) is 36.6 Å². The predicted molar refractivity (Wildman–Crippen MR) is 109 cm³/mol. The zero-order chi connectivity index (χ0) is 20.7. The fourth-order valence-corrected chi connectivity index (χ4v) is 6.62. The molecule has 1 N–H and O–H groups in total. The summed E-state index contributed by atoms with van der Waals surface area (Å²) in [5, 5.41) is 0. The van der Waals surface area contributed by atoms with Gasteiger partial charge in [-0.25, -0.2) is 8.42 Å². The van der Waals surface area contributed by atoms with Gasteiger partial charge in [-0.2, -0.15) is 13.2 Å². The van der Waals surface area contributed by atoms with Crippen LogP contribution in [0.3, 0.4) is 0 Å². The zero-order valence-electron chi connectivity index (χ0n) is 14.4. The van der Waals surface area contributed by atoms with Crippen LogP contribution in [0.25, 0.3) is 0 Å². The summed E-state index contributed by atoms with van der Waals surface area (Å²) in [6.07, 6.45) is -4.40. The molecule has 1 aliphatic heterocycles. The van der Waals surface area contributed by atoms with Gasteiger partial charge in [0.2, 0.25) is 0 Å². The summed E-state index contributed by atoms with van der Waals surface area (Å²) in [5.41, 5.74) is -0.943. The van der Waals surface area contributed by atoms with E-state index in [0.717, 1.165) is 36.1 Å². The van der Waals surface area contributed by atoms with Gasteiger partial charge in [0.05, 0.1) is 15.0 Å². The number of likely N-dealkylation sites (N-methyl/N-ethyl adjacent to an activating group) is 1. The van der Waals surface area contributed by atoms with Crippen LogP contribution in [0, 0.1) is 0 Å². The molecule has 0 bridgehead atoms. The molecule has 0 amide bonds. The highest BCUT2D eigenvalue weighted by Crippen LogP contribution is 2.40. The van der Waals surface area contributed by atoms with E-state index in [1.54, 1.807) is 0 Å². The highest BCUT2D eigenvalue weighted by molar-refractivity contribution is 9.13. The van der Waals surface area contributed by atoms with Gasteiger partial charge in [0.25, 0.3) is 10.0 Å². The number of hydrogen-bond donors (Lipinski definition) is 1. The van der Waals surface area contributed by atoms with Crippen LogP contribution >= 0.6 is 43.2 Å². The molecule has 2 heterocycles. The van der Waals surface area contributed by atoms with Crippen molar-refractivity contribution in [3.63, 3.8) is 0 Å². The Hall–Kier alpha value is -0.820. The Balaban J connectivity index is 1.90. The van der Waals surface area contributed by atoms with Crippen LogP contribution in [-0.2, 0) is 16.2 Å². The first-order valence-electron chi connectivity index (χ1n) is 8.00. The van der Waals surface area contributed by atoms with E-state index in [-0.39, 0.29) is 21.8 Å². The quantitative estimate of drug-likeness (QED) is 0.545. The van der Waals surface area contributed by atoms with Crippen LogP contribution < -0.4 is 9.46 Å². The van der Waals surface area contributed by atoms with Crippen molar-refractivity contribution in [2.24, 2.45) is 0 Å². The lowest BCUT2D eigenvalue weighted by Gasteiger charge is -2.19. The van der Waals surface area contributed by atoms with Crippen LogP contribution in [0.5, 0.6) is 5.75 Å². The molecule has 3 rings (SSSR count). The molecule has 1 fully saturated rings. The fourth-order valence-electron chi connectivity index (χ4n) is 2.75. The maximum absolute atomic E-state index is 13.3. The molecule has 2 aromatic rings. The fraction of sp³-hybridized carbons (Fsp3) is 0.375. The average molecular weight is 564 g/mol. The zero-order valence-corrected chi connectivity index (χ0v) is 19.2. The van der Waals surface area contributed by atoms with Crippen LogP contribution in [0.1, 0.15) is 12.0 Å². The van der Waals surface area contributed by atoms with Crippen LogP contribution in [0.4, 0.5) is 18.9 Å². The number of hydrogen-bond acceptors (Lipinski definition) is 5. The number of halogens is 5.